The van der Waals surface area contributed by atoms with Gasteiger partial charge in [0.1, 0.15) is 0 Å². The number of rotatable bonds is 2. The van der Waals surface area contributed by atoms with Crippen LogP contribution in [0.5, 0.6) is 0 Å². The number of fused-ring (bicyclic) bond motifs is 1. The van der Waals surface area contributed by atoms with Crippen molar-refractivity contribution in [2.75, 3.05) is 0 Å². The second-order valence-corrected chi connectivity index (χ2v) is 7.38. The van der Waals surface area contributed by atoms with E-state index in [0.29, 0.717) is 16.3 Å². The molecule has 118 valence electrons. The molecular formula is C20H20ClNO. The molecule has 0 unspecified atom stereocenters. The van der Waals surface area contributed by atoms with Crippen molar-refractivity contribution >= 4 is 28.3 Å². The lowest BCUT2D eigenvalue weighted by molar-refractivity contribution is 0.103. The zero-order valence-electron chi connectivity index (χ0n) is 13.9. The highest BCUT2D eigenvalue weighted by Crippen LogP contribution is 2.28. The summed E-state index contributed by atoms with van der Waals surface area (Å²) in [6, 6.07) is 15.4. The van der Waals surface area contributed by atoms with Gasteiger partial charge >= 0.3 is 0 Å². The molecule has 2 aromatic carbocycles. The first kappa shape index (κ1) is 15.8. The highest BCUT2D eigenvalue weighted by Gasteiger charge is 2.18. The van der Waals surface area contributed by atoms with Crippen molar-refractivity contribution < 1.29 is 4.79 Å². The number of halogens is 1. The predicted octanol–water partition coefficient (Wildman–Crippen LogP) is 5.36. The van der Waals surface area contributed by atoms with Crippen molar-refractivity contribution in [1.29, 1.82) is 0 Å². The molecule has 0 bridgehead atoms. The number of aromatic nitrogens is 1. The van der Waals surface area contributed by atoms with E-state index in [-0.39, 0.29) is 11.2 Å². The quantitative estimate of drug-likeness (QED) is 0.581. The Labute approximate surface area is 141 Å². The van der Waals surface area contributed by atoms with Gasteiger partial charge in [0.05, 0.1) is 5.69 Å². The van der Waals surface area contributed by atoms with Crippen LogP contribution in [0.15, 0.2) is 48.5 Å². The summed E-state index contributed by atoms with van der Waals surface area (Å²) in [4.78, 5) is 12.8. The fourth-order valence-corrected chi connectivity index (χ4v) is 2.91. The number of ketones is 1. The number of aryl methyl sites for hydroxylation is 1. The summed E-state index contributed by atoms with van der Waals surface area (Å²) in [5.74, 6) is 0.0117. The van der Waals surface area contributed by atoms with Crippen molar-refractivity contribution in [2.24, 2.45) is 7.05 Å². The van der Waals surface area contributed by atoms with E-state index in [1.165, 1.54) is 5.56 Å². The highest BCUT2D eigenvalue weighted by atomic mass is 35.5. The van der Waals surface area contributed by atoms with Crippen LogP contribution in [0, 0.1) is 0 Å². The summed E-state index contributed by atoms with van der Waals surface area (Å²) in [6.07, 6.45) is 0. The molecule has 0 radical (unpaired) electrons. The van der Waals surface area contributed by atoms with Gasteiger partial charge in [-0.3, -0.25) is 4.79 Å². The zero-order valence-corrected chi connectivity index (χ0v) is 14.6. The van der Waals surface area contributed by atoms with Gasteiger partial charge in [-0.25, -0.2) is 0 Å². The first-order valence-electron chi connectivity index (χ1n) is 7.67. The topological polar surface area (TPSA) is 22.0 Å². The highest BCUT2D eigenvalue weighted by molar-refractivity contribution is 6.30. The van der Waals surface area contributed by atoms with Gasteiger partial charge in [0, 0.05) is 28.5 Å². The molecule has 0 aliphatic heterocycles. The standard InChI is InChI=1S/C20H20ClNO/c1-20(2,3)15-7-10-17-14(11-15)12-18(22(17)4)19(23)13-5-8-16(21)9-6-13/h5-12H,1-4H3. The summed E-state index contributed by atoms with van der Waals surface area (Å²) in [5.41, 5.74) is 3.76. The molecule has 0 fully saturated rings. The van der Waals surface area contributed by atoms with Crippen LogP contribution < -0.4 is 0 Å². The van der Waals surface area contributed by atoms with Crippen LogP contribution in [0.25, 0.3) is 10.9 Å². The summed E-state index contributed by atoms with van der Waals surface area (Å²) in [5, 5.41) is 1.73. The third kappa shape index (κ3) is 2.91. The third-order valence-corrected chi connectivity index (χ3v) is 4.50. The Kier molecular flexibility index (Phi) is 3.81. The van der Waals surface area contributed by atoms with Gasteiger partial charge < -0.3 is 4.57 Å². The molecule has 0 amide bonds. The molecule has 0 spiro atoms. The molecule has 1 aromatic heterocycles. The Bertz CT molecular complexity index is 882. The number of hydrogen-bond donors (Lipinski definition) is 0. The second kappa shape index (κ2) is 5.54. The Hall–Kier alpha value is -2.06. The van der Waals surface area contributed by atoms with Crippen LogP contribution in [-0.4, -0.2) is 10.4 Å². The first-order valence-corrected chi connectivity index (χ1v) is 8.05. The van der Waals surface area contributed by atoms with Crippen LogP contribution in [0.2, 0.25) is 5.02 Å². The second-order valence-electron chi connectivity index (χ2n) is 6.95. The van der Waals surface area contributed by atoms with Crippen molar-refractivity contribution in [3.63, 3.8) is 0 Å². The Morgan fingerprint density at radius 1 is 1.00 bits per heavy atom. The zero-order chi connectivity index (χ0) is 16.8. The minimum absolute atomic E-state index is 0.0117. The van der Waals surface area contributed by atoms with Crippen LogP contribution >= 0.6 is 11.6 Å². The minimum atomic E-state index is 0.0117. The van der Waals surface area contributed by atoms with Crippen LogP contribution in [0.3, 0.4) is 0 Å². The lowest BCUT2D eigenvalue weighted by Crippen LogP contribution is -2.10. The molecule has 0 saturated carbocycles. The molecule has 0 atom stereocenters. The van der Waals surface area contributed by atoms with Gasteiger partial charge in [-0.05, 0) is 53.4 Å². The van der Waals surface area contributed by atoms with E-state index in [9.17, 15) is 4.79 Å². The number of nitrogens with zero attached hydrogens (tertiary/aromatic N) is 1. The molecule has 0 saturated heterocycles. The minimum Gasteiger partial charge on any atom is -0.341 e. The third-order valence-electron chi connectivity index (χ3n) is 4.25. The average molecular weight is 326 g/mol. The molecular weight excluding hydrogens is 306 g/mol. The average Bonchev–Trinajstić information content (AvgIpc) is 2.83. The summed E-state index contributed by atoms with van der Waals surface area (Å²) in [7, 11) is 1.93. The van der Waals surface area contributed by atoms with E-state index >= 15 is 0 Å². The largest absolute Gasteiger partial charge is 0.341 e. The van der Waals surface area contributed by atoms with Crippen LogP contribution in [-0.2, 0) is 12.5 Å². The molecule has 0 N–H and O–H groups in total. The molecule has 3 rings (SSSR count). The van der Waals surface area contributed by atoms with Gasteiger partial charge in [-0.1, -0.05) is 38.4 Å². The first-order chi connectivity index (χ1) is 10.8. The molecule has 3 heteroatoms. The van der Waals surface area contributed by atoms with E-state index in [1.54, 1.807) is 24.3 Å². The van der Waals surface area contributed by atoms with Crippen LogP contribution in [0.4, 0.5) is 0 Å². The fourth-order valence-electron chi connectivity index (χ4n) is 2.78. The van der Waals surface area contributed by atoms with Crippen molar-refractivity contribution in [3.8, 4) is 0 Å². The Morgan fingerprint density at radius 2 is 1.65 bits per heavy atom. The maximum absolute atomic E-state index is 12.8. The predicted molar refractivity (Wildman–Crippen MR) is 96.5 cm³/mol. The van der Waals surface area contributed by atoms with Crippen molar-refractivity contribution in [2.45, 2.75) is 26.2 Å². The normalized spacial score (nSPS) is 11.9. The van der Waals surface area contributed by atoms with E-state index in [2.05, 4.69) is 39.0 Å². The number of hydrogen-bond acceptors (Lipinski definition) is 1. The smallest absolute Gasteiger partial charge is 0.209 e. The van der Waals surface area contributed by atoms with E-state index in [4.69, 9.17) is 11.6 Å². The molecule has 0 aliphatic rings. The van der Waals surface area contributed by atoms with E-state index < -0.39 is 0 Å². The maximum atomic E-state index is 12.8. The summed E-state index contributed by atoms with van der Waals surface area (Å²) < 4.78 is 1.96. The summed E-state index contributed by atoms with van der Waals surface area (Å²) >= 11 is 5.90. The van der Waals surface area contributed by atoms with Gasteiger partial charge in [-0.15, -0.1) is 0 Å². The van der Waals surface area contributed by atoms with Crippen LogP contribution in [0.1, 0.15) is 42.4 Å². The SMILES string of the molecule is Cn1c(C(=O)c2ccc(Cl)cc2)cc2cc(C(C)(C)C)ccc21. The van der Waals surface area contributed by atoms with E-state index in [0.717, 1.165) is 10.9 Å². The van der Waals surface area contributed by atoms with Crippen molar-refractivity contribution in [3.05, 3.63) is 70.4 Å². The van der Waals surface area contributed by atoms with Gasteiger partial charge in [0.2, 0.25) is 5.78 Å². The number of benzene rings is 2. The molecule has 0 aliphatic carbocycles. The molecule has 2 nitrogen and oxygen atoms in total. The molecule has 3 aromatic rings. The van der Waals surface area contributed by atoms with Crippen molar-refractivity contribution in [1.82, 2.24) is 4.57 Å². The maximum Gasteiger partial charge on any atom is 0.209 e. The Balaban J connectivity index is 2.09. The fraction of sp³-hybridized carbons (Fsp3) is 0.250. The van der Waals surface area contributed by atoms with Gasteiger partial charge in [0.25, 0.3) is 0 Å². The molecule has 23 heavy (non-hydrogen) atoms. The monoisotopic (exact) mass is 325 g/mol. The lowest BCUT2D eigenvalue weighted by Gasteiger charge is -2.18. The lowest BCUT2D eigenvalue weighted by atomic mass is 9.86. The van der Waals surface area contributed by atoms with Gasteiger partial charge in [-0.2, -0.15) is 0 Å². The van der Waals surface area contributed by atoms with Gasteiger partial charge in [0.15, 0.2) is 0 Å². The number of carbonyl (C=O) groups excluding carboxylic acids is 1. The Morgan fingerprint density at radius 3 is 2.26 bits per heavy atom. The van der Waals surface area contributed by atoms with E-state index in [1.807, 2.05) is 17.7 Å². The number of carbonyl (C=O) groups is 1. The summed E-state index contributed by atoms with van der Waals surface area (Å²) in [6.45, 7) is 6.57. The molecule has 1 heterocycles.